The van der Waals surface area contributed by atoms with Crippen molar-refractivity contribution in [1.82, 2.24) is 0 Å². The minimum atomic E-state index is -0.935. The zero-order valence-electron chi connectivity index (χ0n) is 10.5. The first-order valence-electron chi connectivity index (χ1n) is 5.95. The third-order valence-corrected chi connectivity index (χ3v) is 2.07. The van der Waals surface area contributed by atoms with Crippen LogP contribution in [-0.4, -0.2) is 11.1 Å². The van der Waals surface area contributed by atoms with Crippen LogP contribution in [0.3, 0.4) is 0 Å². The maximum Gasteiger partial charge on any atom is 0.330 e. The summed E-state index contributed by atoms with van der Waals surface area (Å²) in [6.07, 6.45) is 9.97. The third-order valence-electron chi connectivity index (χ3n) is 2.07. The molecular formula is C13H26O2. The largest absolute Gasteiger partial charge is 0.478 e. The molecule has 0 saturated heterocycles. The highest BCUT2D eigenvalue weighted by Crippen LogP contribution is 2.05. The molecule has 2 heteroatoms. The van der Waals surface area contributed by atoms with Crippen LogP contribution in [0, 0.1) is 0 Å². The SMILES string of the molecule is C=C(C)C(=O)O.CCCCCCCCC. The third kappa shape index (κ3) is 19.6. The van der Waals surface area contributed by atoms with Gasteiger partial charge in [0.25, 0.3) is 0 Å². The van der Waals surface area contributed by atoms with Gasteiger partial charge in [-0.25, -0.2) is 4.79 Å². The molecule has 0 aromatic heterocycles. The monoisotopic (exact) mass is 214 g/mol. The zero-order valence-corrected chi connectivity index (χ0v) is 10.5. The molecule has 2 nitrogen and oxygen atoms in total. The van der Waals surface area contributed by atoms with E-state index in [0.717, 1.165) is 0 Å². The highest BCUT2D eigenvalue weighted by molar-refractivity contribution is 5.84. The van der Waals surface area contributed by atoms with Crippen LogP contribution < -0.4 is 0 Å². The second kappa shape index (κ2) is 13.2. The minimum Gasteiger partial charge on any atom is -0.478 e. The molecule has 15 heavy (non-hydrogen) atoms. The van der Waals surface area contributed by atoms with Crippen LogP contribution >= 0.6 is 0 Å². The second-order valence-corrected chi connectivity index (χ2v) is 3.85. The summed E-state index contributed by atoms with van der Waals surface area (Å²) in [4.78, 5) is 9.60. The normalized spacial score (nSPS) is 9.00. The molecule has 0 bridgehead atoms. The molecule has 0 aliphatic rings. The molecule has 0 aromatic carbocycles. The number of unbranched alkanes of at least 4 members (excludes halogenated alkanes) is 6. The first-order chi connectivity index (χ1) is 7.06. The smallest absolute Gasteiger partial charge is 0.330 e. The first kappa shape index (κ1) is 16.6. The molecule has 0 atom stereocenters. The van der Waals surface area contributed by atoms with Gasteiger partial charge in [0.1, 0.15) is 0 Å². The summed E-state index contributed by atoms with van der Waals surface area (Å²) in [6, 6.07) is 0. The highest BCUT2D eigenvalue weighted by Gasteiger charge is 1.90. The maximum absolute atomic E-state index is 9.60. The summed E-state index contributed by atoms with van der Waals surface area (Å²) in [7, 11) is 0. The van der Waals surface area contributed by atoms with Crippen molar-refractivity contribution in [2.75, 3.05) is 0 Å². The molecule has 0 radical (unpaired) electrons. The van der Waals surface area contributed by atoms with Gasteiger partial charge in [0.2, 0.25) is 0 Å². The van der Waals surface area contributed by atoms with Crippen molar-refractivity contribution in [3.8, 4) is 0 Å². The summed E-state index contributed by atoms with van der Waals surface area (Å²) in [5.41, 5.74) is 0.176. The summed E-state index contributed by atoms with van der Waals surface area (Å²) >= 11 is 0. The number of hydrogen-bond donors (Lipinski definition) is 1. The molecule has 0 saturated carbocycles. The van der Waals surface area contributed by atoms with E-state index >= 15 is 0 Å². The van der Waals surface area contributed by atoms with Gasteiger partial charge in [-0.3, -0.25) is 0 Å². The fourth-order valence-corrected chi connectivity index (χ4v) is 1.03. The molecule has 0 aliphatic heterocycles. The zero-order chi connectivity index (χ0) is 12.1. The molecule has 0 unspecified atom stereocenters. The molecule has 1 N–H and O–H groups in total. The van der Waals surface area contributed by atoms with Gasteiger partial charge in [0, 0.05) is 5.57 Å². The van der Waals surface area contributed by atoms with Crippen LogP contribution in [0.1, 0.15) is 65.7 Å². The number of carboxylic acids is 1. The Kier molecular flexibility index (Phi) is 14.6. The van der Waals surface area contributed by atoms with E-state index in [1.807, 2.05) is 0 Å². The number of carbonyl (C=O) groups is 1. The molecular weight excluding hydrogens is 188 g/mol. The van der Waals surface area contributed by atoms with Gasteiger partial charge >= 0.3 is 5.97 Å². The summed E-state index contributed by atoms with van der Waals surface area (Å²) in [5.74, 6) is -0.935. The van der Waals surface area contributed by atoms with Gasteiger partial charge < -0.3 is 5.11 Å². The molecule has 0 amide bonds. The van der Waals surface area contributed by atoms with Crippen molar-refractivity contribution >= 4 is 5.97 Å². The Morgan fingerprint density at radius 1 is 1.00 bits per heavy atom. The average molecular weight is 214 g/mol. The van der Waals surface area contributed by atoms with E-state index in [2.05, 4.69) is 20.4 Å². The Bertz CT molecular complexity index is 144. The highest BCUT2D eigenvalue weighted by atomic mass is 16.4. The van der Waals surface area contributed by atoms with Crippen LogP contribution in [0.25, 0.3) is 0 Å². The summed E-state index contributed by atoms with van der Waals surface area (Å²) < 4.78 is 0. The molecule has 0 heterocycles. The quantitative estimate of drug-likeness (QED) is 0.503. The van der Waals surface area contributed by atoms with Crippen LogP contribution in [0.5, 0.6) is 0 Å². The van der Waals surface area contributed by atoms with Crippen molar-refractivity contribution in [2.45, 2.75) is 65.7 Å². The Balaban J connectivity index is 0. The van der Waals surface area contributed by atoms with Crippen LogP contribution in [0.15, 0.2) is 12.2 Å². The molecule has 0 aromatic rings. The summed E-state index contributed by atoms with van der Waals surface area (Å²) in [6.45, 7) is 9.13. The van der Waals surface area contributed by atoms with Gasteiger partial charge in [0.15, 0.2) is 0 Å². The Hall–Kier alpha value is -0.790. The second-order valence-electron chi connectivity index (χ2n) is 3.85. The van der Waals surface area contributed by atoms with Gasteiger partial charge in [-0.1, -0.05) is 65.4 Å². The lowest BCUT2D eigenvalue weighted by molar-refractivity contribution is -0.132. The van der Waals surface area contributed by atoms with Crippen LogP contribution in [-0.2, 0) is 4.79 Å². The fraction of sp³-hybridized carbons (Fsp3) is 0.769. The molecule has 0 fully saturated rings. The van der Waals surface area contributed by atoms with Crippen LogP contribution in [0.2, 0.25) is 0 Å². The predicted molar refractivity (Wildman–Crippen MR) is 66.1 cm³/mol. The molecule has 90 valence electrons. The Morgan fingerprint density at radius 2 is 1.27 bits per heavy atom. The van der Waals surface area contributed by atoms with Gasteiger partial charge in [-0.15, -0.1) is 0 Å². The van der Waals surface area contributed by atoms with Gasteiger partial charge in [-0.2, -0.15) is 0 Å². The molecule has 0 spiro atoms. The van der Waals surface area contributed by atoms with Gasteiger partial charge in [-0.05, 0) is 6.92 Å². The lowest BCUT2D eigenvalue weighted by Crippen LogP contribution is -1.92. The minimum absolute atomic E-state index is 0.176. The van der Waals surface area contributed by atoms with E-state index in [-0.39, 0.29) is 5.57 Å². The predicted octanol–water partition coefficient (Wildman–Crippen LogP) is 4.40. The first-order valence-corrected chi connectivity index (χ1v) is 5.95. The van der Waals surface area contributed by atoms with E-state index in [0.29, 0.717) is 0 Å². The Morgan fingerprint density at radius 3 is 1.47 bits per heavy atom. The van der Waals surface area contributed by atoms with E-state index < -0.39 is 5.97 Å². The topological polar surface area (TPSA) is 37.3 Å². The van der Waals surface area contributed by atoms with E-state index in [1.165, 1.54) is 51.9 Å². The van der Waals surface area contributed by atoms with E-state index in [1.54, 1.807) is 0 Å². The molecule has 0 rings (SSSR count). The lowest BCUT2D eigenvalue weighted by Gasteiger charge is -1.96. The van der Waals surface area contributed by atoms with Crippen molar-refractivity contribution in [2.24, 2.45) is 0 Å². The van der Waals surface area contributed by atoms with Crippen molar-refractivity contribution < 1.29 is 9.90 Å². The van der Waals surface area contributed by atoms with Crippen molar-refractivity contribution in [1.29, 1.82) is 0 Å². The fourth-order valence-electron chi connectivity index (χ4n) is 1.03. The van der Waals surface area contributed by atoms with E-state index in [9.17, 15) is 4.79 Å². The number of aliphatic carboxylic acids is 1. The van der Waals surface area contributed by atoms with Gasteiger partial charge in [0.05, 0.1) is 0 Å². The Labute approximate surface area is 94.4 Å². The number of carboxylic acid groups (broad SMARTS) is 1. The van der Waals surface area contributed by atoms with E-state index in [4.69, 9.17) is 5.11 Å². The number of rotatable bonds is 7. The standard InChI is InChI=1S/C9H20.C4H6O2/c1-3-5-7-9-8-6-4-2;1-3(2)4(5)6/h3-9H2,1-2H3;1H2,2H3,(H,5,6). The van der Waals surface area contributed by atoms with Crippen molar-refractivity contribution in [3.05, 3.63) is 12.2 Å². The summed E-state index contributed by atoms with van der Waals surface area (Å²) in [5, 5.41) is 7.89. The van der Waals surface area contributed by atoms with Crippen molar-refractivity contribution in [3.63, 3.8) is 0 Å². The number of hydrogen-bond acceptors (Lipinski definition) is 1. The average Bonchev–Trinajstić information content (AvgIpc) is 2.18. The molecule has 0 aliphatic carbocycles. The maximum atomic E-state index is 9.60. The lowest BCUT2D eigenvalue weighted by atomic mass is 10.1. The van der Waals surface area contributed by atoms with Crippen LogP contribution in [0.4, 0.5) is 0 Å².